The molecule has 1 aromatic heterocycles. The molecule has 0 radical (unpaired) electrons. The highest BCUT2D eigenvalue weighted by Crippen LogP contribution is 2.31. The number of aryl methyl sites for hydroxylation is 1. The van der Waals surface area contributed by atoms with Crippen LogP contribution in [0.3, 0.4) is 0 Å². The zero-order chi connectivity index (χ0) is 11.8. The fraction of sp³-hybridized carbons (Fsp3) is 0.200. The van der Waals surface area contributed by atoms with Crippen LogP contribution < -0.4 is 0 Å². The normalized spacial score (nSPS) is 11.4. The number of benzene rings is 2. The highest BCUT2D eigenvalue weighted by Gasteiger charge is 2.09. The van der Waals surface area contributed by atoms with E-state index in [0.717, 1.165) is 18.5 Å². The Bertz CT molecular complexity index is 682. The number of phenols is 1. The maximum atomic E-state index is 9.63. The average molecular weight is 225 g/mol. The molecule has 3 aromatic rings. The molecular formula is C15H15NO. The molecule has 2 heteroatoms. The van der Waals surface area contributed by atoms with Gasteiger partial charge >= 0.3 is 0 Å². The molecule has 2 aromatic carbocycles. The largest absolute Gasteiger partial charge is 0.508 e. The molecule has 3 rings (SSSR count). The first-order valence-corrected chi connectivity index (χ1v) is 6.01. The average Bonchev–Trinajstić information content (AvgIpc) is 2.65. The maximum Gasteiger partial charge on any atom is 0.117 e. The topological polar surface area (TPSA) is 25.2 Å². The molecule has 0 atom stereocenters. The fourth-order valence-corrected chi connectivity index (χ4v) is 2.50. The zero-order valence-electron chi connectivity index (χ0n) is 9.85. The first kappa shape index (κ1) is 10.2. The lowest BCUT2D eigenvalue weighted by atomic mass is 10.1. The van der Waals surface area contributed by atoms with Crippen molar-refractivity contribution in [2.45, 2.75) is 19.9 Å². The van der Waals surface area contributed by atoms with Crippen molar-refractivity contribution < 1.29 is 5.11 Å². The van der Waals surface area contributed by atoms with Gasteiger partial charge in [0.1, 0.15) is 5.75 Å². The van der Waals surface area contributed by atoms with Crippen LogP contribution in [0.5, 0.6) is 5.75 Å². The third kappa shape index (κ3) is 1.48. The summed E-state index contributed by atoms with van der Waals surface area (Å²) in [5, 5.41) is 12.1. The van der Waals surface area contributed by atoms with E-state index in [9.17, 15) is 5.11 Å². The first-order valence-electron chi connectivity index (χ1n) is 6.01. The van der Waals surface area contributed by atoms with Gasteiger partial charge in [-0.3, -0.25) is 0 Å². The third-order valence-corrected chi connectivity index (χ3v) is 3.20. The standard InChI is InChI=1S/C15H15NO/c1-2-9-16-14-6-4-3-5-12(14)13-8-7-11(17)10-15(13)16/h3-8,10,17H,2,9H2,1H3. The monoisotopic (exact) mass is 225 g/mol. The van der Waals surface area contributed by atoms with Crippen LogP contribution in [0.4, 0.5) is 0 Å². The van der Waals surface area contributed by atoms with Crippen LogP contribution in [0.15, 0.2) is 42.5 Å². The van der Waals surface area contributed by atoms with Gasteiger partial charge in [-0.25, -0.2) is 0 Å². The van der Waals surface area contributed by atoms with Crippen molar-refractivity contribution in [1.82, 2.24) is 4.57 Å². The number of phenolic OH excluding ortho intramolecular Hbond substituents is 1. The van der Waals surface area contributed by atoms with Crippen LogP contribution in [0.1, 0.15) is 13.3 Å². The number of aromatic nitrogens is 1. The van der Waals surface area contributed by atoms with Crippen molar-refractivity contribution in [2.75, 3.05) is 0 Å². The summed E-state index contributed by atoms with van der Waals surface area (Å²) < 4.78 is 2.28. The molecule has 0 saturated heterocycles. The Morgan fingerprint density at radius 1 is 1.00 bits per heavy atom. The highest BCUT2D eigenvalue weighted by molar-refractivity contribution is 6.08. The fourth-order valence-electron chi connectivity index (χ4n) is 2.50. The minimum Gasteiger partial charge on any atom is -0.508 e. The molecule has 17 heavy (non-hydrogen) atoms. The van der Waals surface area contributed by atoms with Crippen molar-refractivity contribution in [3.8, 4) is 5.75 Å². The van der Waals surface area contributed by atoms with E-state index in [1.807, 2.05) is 12.1 Å². The van der Waals surface area contributed by atoms with E-state index >= 15 is 0 Å². The number of hydrogen-bond donors (Lipinski definition) is 1. The van der Waals surface area contributed by atoms with Gasteiger partial charge in [0.15, 0.2) is 0 Å². The Kier molecular flexibility index (Phi) is 2.29. The Balaban J connectivity index is 2.48. The lowest BCUT2D eigenvalue weighted by molar-refractivity contribution is 0.476. The molecular weight excluding hydrogens is 210 g/mol. The van der Waals surface area contributed by atoms with E-state index in [1.54, 1.807) is 6.07 Å². The molecule has 0 spiro atoms. The molecule has 0 bridgehead atoms. The molecule has 0 aliphatic carbocycles. The summed E-state index contributed by atoms with van der Waals surface area (Å²) in [5.74, 6) is 0.331. The van der Waals surface area contributed by atoms with Gasteiger partial charge < -0.3 is 9.67 Å². The highest BCUT2D eigenvalue weighted by atomic mass is 16.3. The lowest BCUT2D eigenvalue weighted by Gasteiger charge is -2.04. The van der Waals surface area contributed by atoms with Crippen LogP contribution in [0.2, 0.25) is 0 Å². The summed E-state index contributed by atoms with van der Waals surface area (Å²) in [6, 6.07) is 14.0. The van der Waals surface area contributed by atoms with Crippen LogP contribution >= 0.6 is 0 Å². The molecule has 2 nitrogen and oxygen atoms in total. The second-order valence-corrected chi connectivity index (χ2v) is 4.37. The summed E-state index contributed by atoms with van der Waals surface area (Å²) >= 11 is 0. The quantitative estimate of drug-likeness (QED) is 0.702. The van der Waals surface area contributed by atoms with E-state index in [4.69, 9.17) is 0 Å². The Morgan fingerprint density at radius 2 is 1.76 bits per heavy atom. The number of rotatable bonds is 2. The lowest BCUT2D eigenvalue weighted by Crippen LogP contribution is -1.95. The molecule has 0 aliphatic heterocycles. The first-order chi connectivity index (χ1) is 8.31. The third-order valence-electron chi connectivity index (χ3n) is 3.20. The van der Waals surface area contributed by atoms with E-state index in [0.29, 0.717) is 5.75 Å². The van der Waals surface area contributed by atoms with Gasteiger partial charge in [0, 0.05) is 28.9 Å². The molecule has 0 fully saturated rings. The van der Waals surface area contributed by atoms with Gasteiger partial charge in [-0.2, -0.15) is 0 Å². The van der Waals surface area contributed by atoms with Crippen LogP contribution in [-0.4, -0.2) is 9.67 Å². The molecule has 0 unspecified atom stereocenters. The molecule has 0 saturated carbocycles. The number of aromatic hydroxyl groups is 1. The van der Waals surface area contributed by atoms with Gasteiger partial charge in [0.25, 0.3) is 0 Å². The van der Waals surface area contributed by atoms with Crippen molar-refractivity contribution in [3.05, 3.63) is 42.5 Å². The van der Waals surface area contributed by atoms with Crippen LogP contribution in [0.25, 0.3) is 21.8 Å². The summed E-state index contributed by atoms with van der Waals surface area (Å²) in [6.45, 7) is 3.15. The Morgan fingerprint density at radius 3 is 2.59 bits per heavy atom. The SMILES string of the molecule is CCCn1c2ccccc2c2ccc(O)cc21. The second kappa shape index (κ2) is 3.81. The Hall–Kier alpha value is -1.96. The van der Waals surface area contributed by atoms with Gasteiger partial charge in [0.2, 0.25) is 0 Å². The second-order valence-electron chi connectivity index (χ2n) is 4.37. The Labute approximate surface area is 100 Å². The summed E-state index contributed by atoms with van der Waals surface area (Å²) in [4.78, 5) is 0. The molecule has 1 N–H and O–H groups in total. The predicted octanol–water partition coefficient (Wildman–Crippen LogP) is 3.91. The minimum atomic E-state index is 0.331. The van der Waals surface area contributed by atoms with Gasteiger partial charge in [-0.05, 0) is 24.6 Å². The minimum absolute atomic E-state index is 0.331. The van der Waals surface area contributed by atoms with Gasteiger partial charge in [-0.1, -0.05) is 25.1 Å². The van der Waals surface area contributed by atoms with Gasteiger partial charge in [0.05, 0.1) is 5.52 Å². The molecule has 0 aliphatic rings. The number of nitrogens with zero attached hydrogens (tertiary/aromatic N) is 1. The summed E-state index contributed by atoms with van der Waals surface area (Å²) in [6.07, 6.45) is 1.09. The van der Waals surface area contributed by atoms with Gasteiger partial charge in [-0.15, -0.1) is 0 Å². The van der Waals surface area contributed by atoms with E-state index in [1.165, 1.54) is 16.3 Å². The van der Waals surface area contributed by atoms with Crippen LogP contribution in [-0.2, 0) is 6.54 Å². The molecule has 86 valence electrons. The van der Waals surface area contributed by atoms with E-state index in [-0.39, 0.29) is 0 Å². The number of fused-ring (bicyclic) bond motifs is 3. The van der Waals surface area contributed by atoms with Crippen LogP contribution in [0, 0.1) is 0 Å². The zero-order valence-corrected chi connectivity index (χ0v) is 9.85. The summed E-state index contributed by atoms with van der Waals surface area (Å²) in [5.41, 5.74) is 2.36. The van der Waals surface area contributed by atoms with Crippen molar-refractivity contribution in [2.24, 2.45) is 0 Å². The van der Waals surface area contributed by atoms with E-state index < -0.39 is 0 Å². The number of hydrogen-bond acceptors (Lipinski definition) is 1. The van der Waals surface area contributed by atoms with E-state index in [2.05, 4.69) is 35.8 Å². The smallest absolute Gasteiger partial charge is 0.117 e. The molecule has 0 amide bonds. The van der Waals surface area contributed by atoms with Crippen molar-refractivity contribution in [3.63, 3.8) is 0 Å². The predicted molar refractivity (Wildman–Crippen MR) is 71.4 cm³/mol. The molecule has 1 heterocycles. The van der Waals surface area contributed by atoms with Crippen molar-refractivity contribution in [1.29, 1.82) is 0 Å². The van der Waals surface area contributed by atoms with Crippen molar-refractivity contribution >= 4 is 21.8 Å². The maximum absolute atomic E-state index is 9.63. The number of para-hydroxylation sites is 1. The summed E-state index contributed by atoms with van der Waals surface area (Å²) in [7, 11) is 0.